The van der Waals surface area contributed by atoms with Gasteiger partial charge in [-0.15, -0.1) is 0 Å². The van der Waals surface area contributed by atoms with E-state index in [1.807, 2.05) is 4.90 Å². The lowest BCUT2D eigenvalue weighted by Gasteiger charge is -2.35. The Bertz CT molecular complexity index is 1290. The highest BCUT2D eigenvalue weighted by molar-refractivity contribution is 7.94. The molecule has 13 heteroatoms. The number of anilines is 2. The van der Waals surface area contributed by atoms with Crippen LogP contribution in [0.3, 0.4) is 0 Å². The lowest BCUT2D eigenvalue weighted by molar-refractivity contribution is -0.149. The van der Waals surface area contributed by atoms with Gasteiger partial charge < -0.3 is 0 Å². The predicted molar refractivity (Wildman–Crippen MR) is 127 cm³/mol. The van der Waals surface area contributed by atoms with Crippen LogP contribution < -0.4 is 8.61 Å². The number of fused-ring (bicyclic) bond motifs is 1. The number of halogens is 6. The molecule has 0 bridgehead atoms. The van der Waals surface area contributed by atoms with E-state index in [1.54, 1.807) is 24.3 Å². The number of benzene rings is 2. The van der Waals surface area contributed by atoms with Crippen LogP contribution >= 0.6 is 0 Å². The zero-order valence-electron chi connectivity index (χ0n) is 20.0. The van der Waals surface area contributed by atoms with E-state index in [1.165, 1.54) is 24.1 Å². The molecule has 1 atom stereocenters. The molecule has 2 aliphatic heterocycles. The molecular weight excluding hydrogens is 522 g/mol. The van der Waals surface area contributed by atoms with Crippen molar-refractivity contribution in [3.8, 4) is 11.1 Å². The quantitative estimate of drug-likeness (QED) is 0.505. The molecule has 0 radical (unpaired) electrons. The number of piperazine rings is 1. The molecule has 1 unspecified atom stereocenters. The van der Waals surface area contributed by atoms with E-state index in [2.05, 4.69) is 0 Å². The first-order valence-electron chi connectivity index (χ1n) is 11.8. The molecule has 1 saturated heterocycles. The Morgan fingerprint density at radius 3 is 2.27 bits per heavy atom. The normalized spacial score (nSPS) is 23.4. The molecular formula is C24H26F6N4O2S. The topological polar surface area (TPSA) is 47.1 Å². The average Bonchev–Trinajstić information content (AvgIpc) is 3.38. The van der Waals surface area contributed by atoms with E-state index in [0.717, 1.165) is 8.61 Å². The van der Waals surface area contributed by atoms with Crippen molar-refractivity contribution < 1.29 is 34.8 Å². The Balaban J connectivity index is 1.34. The summed E-state index contributed by atoms with van der Waals surface area (Å²) in [4.78, 5) is 3.22. The van der Waals surface area contributed by atoms with Crippen LogP contribution in [-0.4, -0.2) is 76.6 Å². The Labute approximate surface area is 211 Å². The molecule has 1 aliphatic carbocycles. The minimum absolute atomic E-state index is 0.224. The van der Waals surface area contributed by atoms with Crippen molar-refractivity contribution in [2.45, 2.75) is 25.1 Å². The molecule has 6 nitrogen and oxygen atoms in total. The Morgan fingerprint density at radius 2 is 1.65 bits per heavy atom. The van der Waals surface area contributed by atoms with E-state index < -0.39 is 40.6 Å². The summed E-state index contributed by atoms with van der Waals surface area (Å²) in [6.07, 6.45) is -4.61. The molecule has 0 amide bonds. The van der Waals surface area contributed by atoms with E-state index in [4.69, 9.17) is 0 Å². The fourth-order valence-electron chi connectivity index (χ4n) is 4.94. The fraction of sp³-hybridized carbons (Fsp3) is 0.500. The summed E-state index contributed by atoms with van der Waals surface area (Å²) in [7, 11) is -2.70. The summed E-state index contributed by atoms with van der Waals surface area (Å²) >= 11 is 0. The highest BCUT2D eigenvalue weighted by Crippen LogP contribution is 2.51. The molecule has 2 fully saturated rings. The predicted octanol–water partition coefficient (Wildman–Crippen LogP) is 4.33. The molecule has 0 N–H and O–H groups in total. The first-order chi connectivity index (χ1) is 17.3. The summed E-state index contributed by atoms with van der Waals surface area (Å²) in [6, 6.07) is 9.43. The van der Waals surface area contributed by atoms with Gasteiger partial charge in [-0.25, -0.2) is 13.2 Å². The van der Waals surface area contributed by atoms with Gasteiger partial charge in [0.1, 0.15) is 5.82 Å². The third-order valence-electron chi connectivity index (χ3n) is 7.20. The zero-order valence-corrected chi connectivity index (χ0v) is 20.8. The van der Waals surface area contributed by atoms with Crippen LogP contribution in [0.25, 0.3) is 11.1 Å². The van der Waals surface area contributed by atoms with Gasteiger partial charge in [-0.3, -0.25) is 18.4 Å². The molecule has 37 heavy (non-hydrogen) atoms. The summed E-state index contributed by atoms with van der Waals surface area (Å²) < 4.78 is 108. The second-order valence-corrected chi connectivity index (χ2v) is 11.7. The zero-order chi connectivity index (χ0) is 26.8. The third kappa shape index (κ3) is 5.13. The number of alkyl halides is 5. The van der Waals surface area contributed by atoms with Crippen molar-refractivity contribution in [3.63, 3.8) is 0 Å². The SMILES string of the molecule is CN1c2cc(-c3cccc(CN4CCN(CC(F)(F)F)CC4)c3F)ccc2N(CC2CC2(F)F)S1(=O)=O. The van der Waals surface area contributed by atoms with Crippen LogP contribution in [0.4, 0.5) is 37.7 Å². The maximum atomic E-state index is 15.5. The first-order valence-corrected chi connectivity index (χ1v) is 13.2. The van der Waals surface area contributed by atoms with Crippen molar-refractivity contribution >= 4 is 21.6 Å². The molecule has 0 aromatic heterocycles. The van der Waals surface area contributed by atoms with Gasteiger partial charge in [0.2, 0.25) is 0 Å². The van der Waals surface area contributed by atoms with Crippen LogP contribution in [0, 0.1) is 11.7 Å². The second-order valence-electron chi connectivity index (χ2n) is 9.82. The Morgan fingerprint density at radius 1 is 1.00 bits per heavy atom. The van der Waals surface area contributed by atoms with Crippen LogP contribution in [0.5, 0.6) is 0 Å². The van der Waals surface area contributed by atoms with Crippen LogP contribution in [-0.2, 0) is 16.8 Å². The van der Waals surface area contributed by atoms with E-state index >= 15 is 4.39 Å². The average molecular weight is 549 g/mol. The third-order valence-corrected chi connectivity index (χ3v) is 8.99. The molecule has 202 valence electrons. The van der Waals surface area contributed by atoms with Gasteiger partial charge in [0.25, 0.3) is 5.92 Å². The Kier molecular flexibility index (Phi) is 6.39. The lowest BCUT2D eigenvalue weighted by atomic mass is 10.0. The molecule has 1 saturated carbocycles. The maximum absolute atomic E-state index is 15.5. The van der Waals surface area contributed by atoms with Gasteiger partial charge in [-0.1, -0.05) is 24.3 Å². The smallest absolute Gasteiger partial charge is 0.296 e. The van der Waals surface area contributed by atoms with Crippen molar-refractivity contribution in [1.82, 2.24) is 9.80 Å². The monoisotopic (exact) mass is 548 g/mol. The van der Waals surface area contributed by atoms with Crippen molar-refractivity contribution in [2.75, 3.05) is 54.9 Å². The number of hydrogen-bond acceptors (Lipinski definition) is 4. The largest absolute Gasteiger partial charge is 0.401 e. The Hall–Kier alpha value is -2.51. The van der Waals surface area contributed by atoms with Gasteiger partial charge in [0, 0.05) is 69.8 Å². The van der Waals surface area contributed by atoms with Crippen LogP contribution in [0.1, 0.15) is 12.0 Å². The van der Waals surface area contributed by atoms with E-state index in [0.29, 0.717) is 24.2 Å². The minimum Gasteiger partial charge on any atom is -0.296 e. The molecule has 3 aliphatic rings. The van der Waals surface area contributed by atoms with Crippen LogP contribution in [0.2, 0.25) is 0 Å². The summed E-state index contributed by atoms with van der Waals surface area (Å²) in [6.45, 7) is 0.141. The van der Waals surface area contributed by atoms with Crippen molar-refractivity contribution in [1.29, 1.82) is 0 Å². The highest BCUT2D eigenvalue weighted by atomic mass is 32.2. The van der Waals surface area contributed by atoms with E-state index in [-0.39, 0.29) is 49.5 Å². The highest BCUT2D eigenvalue weighted by Gasteiger charge is 2.59. The second kappa shape index (κ2) is 9.05. The van der Waals surface area contributed by atoms with Crippen LogP contribution in [0.15, 0.2) is 36.4 Å². The minimum atomic E-state index is -4.26. The van der Waals surface area contributed by atoms with Crippen molar-refractivity contribution in [3.05, 3.63) is 47.8 Å². The summed E-state index contributed by atoms with van der Waals surface area (Å²) in [5, 5.41) is 0. The van der Waals surface area contributed by atoms with Gasteiger partial charge >= 0.3 is 16.4 Å². The number of rotatable bonds is 6. The lowest BCUT2D eigenvalue weighted by Crippen LogP contribution is -2.48. The number of hydrogen-bond donors (Lipinski definition) is 0. The van der Waals surface area contributed by atoms with E-state index in [9.17, 15) is 30.4 Å². The molecule has 2 aromatic carbocycles. The summed E-state index contributed by atoms with van der Waals surface area (Å²) in [5.74, 6) is -4.41. The van der Waals surface area contributed by atoms with Gasteiger partial charge in [0.05, 0.1) is 17.9 Å². The van der Waals surface area contributed by atoms with Gasteiger partial charge in [-0.2, -0.15) is 21.6 Å². The standard InChI is InChI=1S/C24H26F6N4O2S/c1-31-21-11-16(5-6-20(21)34(37(31,35)36)14-18-12-23(18,26)27)19-4-2-3-17(22(19)25)13-32-7-9-33(10-8-32)15-24(28,29)30/h2-6,11,18H,7-10,12-15H2,1H3. The molecule has 5 rings (SSSR count). The van der Waals surface area contributed by atoms with Gasteiger partial charge in [0.15, 0.2) is 0 Å². The van der Waals surface area contributed by atoms with Gasteiger partial charge in [-0.05, 0) is 17.7 Å². The first kappa shape index (κ1) is 26.1. The number of nitrogens with zero attached hydrogens (tertiary/aromatic N) is 4. The maximum Gasteiger partial charge on any atom is 0.401 e. The molecule has 2 aromatic rings. The molecule has 2 heterocycles. The summed E-state index contributed by atoms with van der Waals surface area (Å²) in [5.41, 5.74) is 1.58. The molecule has 0 spiro atoms. The fourth-order valence-corrected chi connectivity index (χ4v) is 6.40. The van der Waals surface area contributed by atoms with Crippen molar-refractivity contribution in [2.24, 2.45) is 5.92 Å².